The fraction of sp³-hybridized carbons (Fsp3) is 0.923. The molecule has 0 radical (unpaired) electrons. The van der Waals surface area contributed by atoms with Gasteiger partial charge in [0.15, 0.2) is 0 Å². The second kappa shape index (κ2) is 6.93. The molecule has 0 bridgehead atoms. The minimum Gasteiger partial charge on any atom is -0.340 e. The van der Waals surface area contributed by atoms with E-state index in [4.69, 9.17) is 10.7 Å². The van der Waals surface area contributed by atoms with E-state index in [1.54, 1.807) is 0 Å². The summed E-state index contributed by atoms with van der Waals surface area (Å²) in [4.78, 5) is 13.7. The molecular weight excluding hydrogens is 286 g/mol. The Morgan fingerprint density at radius 2 is 1.95 bits per heavy atom. The van der Waals surface area contributed by atoms with Crippen LogP contribution in [-0.4, -0.2) is 37.6 Å². The van der Waals surface area contributed by atoms with Gasteiger partial charge in [0, 0.05) is 35.6 Å². The maximum Gasteiger partial charge on any atom is 0.232 e. The molecule has 1 aliphatic heterocycles. The SMILES string of the molecule is CC(C)CCCC(C)N1CC(CS(=O)(=O)Cl)CC1=O. The molecule has 1 heterocycles. The number of rotatable bonds is 7. The molecule has 0 aromatic rings. The molecule has 1 fully saturated rings. The summed E-state index contributed by atoms with van der Waals surface area (Å²) < 4.78 is 22.1. The van der Waals surface area contributed by atoms with Crippen molar-refractivity contribution in [3.63, 3.8) is 0 Å². The minimum absolute atomic E-state index is 0.0577. The Kier molecular flexibility index (Phi) is 6.12. The summed E-state index contributed by atoms with van der Waals surface area (Å²) in [5.41, 5.74) is 0. The lowest BCUT2D eigenvalue weighted by Crippen LogP contribution is -2.34. The molecule has 19 heavy (non-hydrogen) atoms. The van der Waals surface area contributed by atoms with Crippen LogP contribution in [0, 0.1) is 11.8 Å². The van der Waals surface area contributed by atoms with Crippen LogP contribution in [0.25, 0.3) is 0 Å². The van der Waals surface area contributed by atoms with Gasteiger partial charge in [-0.1, -0.05) is 26.7 Å². The van der Waals surface area contributed by atoms with Crippen LogP contribution >= 0.6 is 10.7 Å². The summed E-state index contributed by atoms with van der Waals surface area (Å²) in [6, 6.07) is 0.189. The molecule has 112 valence electrons. The van der Waals surface area contributed by atoms with Gasteiger partial charge < -0.3 is 4.90 Å². The van der Waals surface area contributed by atoms with Gasteiger partial charge in [-0.25, -0.2) is 8.42 Å². The van der Waals surface area contributed by atoms with E-state index in [9.17, 15) is 13.2 Å². The summed E-state index contributed by atoms with van der Waals surface area (Å²) in [5.74, 6) is 0.482. The highest BCUT2D eigenvalue weighted by Crippen LogP contribution is 2.24. The zero-order valence-electron chi connectivity index (χ0n) is 11.9. The second-order valence-corrected chi connectivity index (χ2v) is 8.82. The lowest BCUT2D eigenvalue weighted by atomic mass is 10.0. The van der Waals surface area contributed by atoms with Crippen LogP contribution in [0.5, 0.6) is 0 Å². The first-order chi connectivity index (χ1) is 8.69. The van der Waals surface area contributed by atoms with E-state index >= 15 is 0 Å². The van der Waals surface area contributed by atoms with Crippen molar-refractivity contribution in [1.29, 1.82) is 0 Å². The van der Waals surface area contributed by atoms with Crippen LogP contribution in [0.15, 0.2) is 0 Å². The van der Waals surface area contributed by atoms with Crippen molar-refractivity contribution in [2.45, 2.75) is 52.5 Å². The Balaban J connectivity index is 2.44. The van der Waals surface area contributed by atoms with Crippen molar-refractivity contribution in [1.82, 2.24) is 4.90 Å². The van der Waals surface area contributed by atoms with Gasteiger partial charge in [0.25, 0.3) is 0 Å². The second-order valence-electron chi connectivity index (χ2n) is 6.00. The highest BCUT2D eigenvalue weighted by molar-refractivity contribution is 8.13. The Morgan fingerprint density at radius 1 is 1.32 bits per heavy atom. The van der Waals surface area contributed by atoms with Crippen molar-refractivity contribution >= 4 is 25.6 Å². The first-order valence-corrected chi connectivity index (χ1v) is 9.38. The highest BCUT2D eigenvalue weighted by Gasteiger charge is 2.34. The van der Waals surface area contributed by atoms with Crippen LogP contribution in [0.3, 0.4) is 0 Å². The van der Waals surface area contributed by atoms with Crippen molar-refractivity contribution < 1.29 is 13.2 Å². The first-order valence-electron chi connectivity index (χ1n) is 6.91. The minimum atomic E-state index is -3.51. The molecule has 0 aromatic heterocycles. The molecule has 2 atom stereocenters. The van der Waals surface area contributed by atoms with Crippen molar-refractivity contribution in [3.05, 3.63) is 0 Å². The molecule has 0 N–H and O–H groups in total. The normalized spacial score (nSPS) is 22.3. The summed E-state index contributed by atoms with van der Waals surface area (Å²) in [6.07, 6.45) is 3.54. The fourth-order valence-corrected chi connectivity index (χ4v) is 3.93. The van der Waals surface area contributed by atoms with Gasteiger partial charge in [-0.2, -0.15) is 0 Å². The van der Waals surface area contributed by atoms with Crippen LogP contribution < -0.4 is 0 Å². The summed E-state index contributed by atoms with van der Waals surface area (Å²) in [7, 11) is 1.73. The Labute approximate surface area is 120 Å². The van der Waals surface area contributed by atoms with Crippen LogP contribution in [0.2, 0.25) is 0 Å². The Hall–Kier alpha value is -0.290. The highest BCUT2D eigenvalue weighted by atomic mass is 35.7. The monoisotopic (exact) mass is 309 g/mol. The maximum atomic E-state index is 11.9. The fourth-order valence-electron chi connectivity index (χ4n) is 2.61. The van der Waals surface area contributed by atoms with E-state index < -0.39 is 9.05 Å². The van der Waals surface area contributed by atoms with Gasteiger partial charge in [0.05, 0.1) is 5.75 Å². The molecule has 1 saturated heterocycles. The molecule has 1 amide bonds. The Bertz CT molecular complexity index is 408. The van der Waals surface area contributed by atoms with Gasteiger partial charge in [-0.3, -0.25) is 4.79 Å². The summed E-state index contributed by atoms with van der Waals surface area (Å²) in [6.45, 7) is 6.93. The van der Waals surface area contributed by atoms with Gasteiger partial charge in [0.1, 0.15) is 0 Å². The average molecular weight is 310 g/mol. The lowest BCUT2D eigenvalue weighted by molar-refractivity contribution is -0.129. The third kappa shape index (κ3) is 6.13. The maximum absolute atomic E-state index is 11.9. The van der Waals surface area contributed by atoms with Crippen molar-refractivity contribution in [2.75, 3.05) is 12.3 Å². The predicted octanol–water partition coefficient (Wildman–Crippen LogP) is 2.62. The number of carbonyl (C=O) groups excluding carboxylic acids is 1. The first kappa shape index (κ1) is 16.8. The number of hydrogen-bond acceptors (Lipinski definition) is 3. The van der Waals surface area contributed by atoms with Crippen molar-refractivity contribution in [3.8, 4) is 0 Å². The van der Waals surface area contributed by atoms with E-state index in [-0.39, 0.29) is 23.6 Å². The molecule has 4 nitrogen and oxygen atoms in total. The van der Waals surface area contributed by atoms with E-state index in [0.717, 1.165) is 19.3 Å². The van der Waals surface area contributed by atoms with Crippen molar-refractivity contribution in [2.24, 2.45) is 11.8 Å². The van der Waals surface area contributed by atoms with Gasteiger partial charge in [0.2, 0.25) is 15.0 Å². The number of carbonyl (C=O) groups is 1. The zero-order chi connectivity index (χ0) is 14.6. The third-order valence-corrected chi connectivity index (χ3v) is 4.86. The van der Waals surface area contributed by atoms with Crippen LogP contribution in [0.1, 0.15) is 46.5 Å². The molecule has 0 aromatic carbocycles. The molecule has 2 unspecified atom stereocenters. The predicted molar refractivity (Wildman–Crippen MR) is 77.6 cm³/mol. The smallest absolute Gasteiger partial charge is 0.232 e. The van der Waals surface area contributed by atoms with E-state index in [1.807, 2.05) is 11.8 Å². The molecule has 0 aliphatic carbocycles. The standard InChI is InChI=1S/C13H24ClNO3S/c1-10(2)5-4-6-11(3)15-8-12(7-13(15)16)9-19(14,17)18/h10-12H,4-9H2,1-3H3. The summed E-state index contributed by atoms with van der Waals surface area (Å²) in [5, 5.41) is 0. The molecule has 0 saturated carbocycles. The molecule has 0 spiro atoms. The Morgan fingerprint density at radius 3 is 2.47 bits per heavy atom. The topological polar surface area (TPSA) is 54.5 Å². The van der Waals surface area contributed by atoms with Gasteiger partial charge >= 0.3 is 0 Å². The molecule has 1 rings (SSSR count). The van der Waals surface area contributed by atoms with Gasteiger partial charge in [-0.15, -0.1) is 0 Å². The number of halogens is 1. The van der Waals surface area contributed by atoms with E-state index in [0.29, 0.717) is 18.9 Å². The van der Waals surface area contributed by atoms with Crippen LogP contribution in [0.4, 0.5) is 0 Å². The van der Waals surface area contributed by atoms with Gasteiger partial charge in [-0.05, 0) is 19.3 Å². The van der Waals surface area contributed by atoms with E-state index in [1.165, 1.54) is 0 Å². The average Bonchev–Trinajstić information content (AvgIpc) is 2.55. The van der Waals surface area contributed by atoms with E-state index in [2.05, 4.69) is 13.8 Å². The summed E-state index contributed by atoms with van der Waals surface area (Å²) >= 11 is 0. The quantitative estimate of drug-likeness (QED) is 0.679. The zero-order valence-corrected chi connectivity index (χ0v) is 13.5. The molecular formula is C13H24ClNO3S. The number of hydrogen-bond donors (Lipinski definition) is 0. The number of nitrogens with zero attached hydrogens (tertiary/aromatic N) is 1. The largest absolute Gasteiger partial charge is 0.340 e. The number of likely N-dealkylation sites (tertiary alicyclic amines) is 1. The lowest BCUT2D eigenvalue weighted by Gasteiger charge is -2.25. The number of amides is 1. The van der Waals surface area contributed by atoms with Crippen LogP contribution in [-0.2, 0) is 13.8 Å². The third-order valence-electron chi connectivity index (χ3n) is 3.61. The molecule has 1 aliphatic rings. The molecule has 6 heteroatoms.